The highest BCUT2D eigenvalue weighted by Crippen LogP contribution is 2.13. The first-order valence-electron chi connectivity index (χ1n) is 4.90. The average Bonchev–Trinajstić information content (AvgIpc) is 2.67. The number of nitrogens with two attached hydrogens (primary N) is 1. The Morgan fingerprint density at radius 3 is 2.69 bits per heavy atom. The van der Waals surface area contributed by atoms with Gasteiger partial charge in [-0.3, -0.25) is 4.68 Å². The van der Waals surface area contributed by atoms with E-state index in [0.29, 0.717) is 6.61 Å². The van der Waals surface area contributed by atoms with Crippen molar-refractivity contribution in [3.8, 4) is 5.75 Å². The molecule has 1 aromatic carbocycles. The maximum Gasteiger partial charge on any atom is 0.119 e. The van der Waals surface area contributed by atoms with Crippen molar-refractivity contribution in [3.05, 3.63) is 41.1 Å². The molecule has 0 unspecified atom stereocenters. The van der Waals surface area contributed by atoms with Gasteiger partial charge in [0.2, 0.25) is 0 Å². The minimum atomic E-state index is 0.581. The van der Waals surface area contributed by atoms with Gasteiger partial charge >= 0.3 is 0 Å². The van der Waals surface area contributed by atoms with E-state index in [9.17, 15) is 0 Å². The zero-order valence-corrected chi connectivity index (χ0v) is 10.2. The average molecular weight is 282 g/mol. The SMILES string of the molecule is Nc1ccc(OCCn2cc(Br)cn2)cc1. The van der Waals surface area contributed by atoms with E-state index in [0.717, 1.165) is 22.5 Å². The zero-order chi connectivity index (χ0) is 11.4. The van der Waals surface area contributed by atoms with Gasteiger partial charge in [0.25, 0.3) is 0 Å². The van der Waals surface area contributed by atoms with Gasteiger partial charge in [-0.2, -0.15) is 5.10 Å². The number of anilines is 1. The number of aromatic nitrogens is 2. The van der Waals surface area contributed by atoms with Crippen molar-refractivity contribution < 1.29 is 4.74 Å². The Hall–Kier alpha value is -1.49. The van der Waals surface area contributed by atoms with Crippen molar-refractivity contribution in [1.82, 2.24) is 9.78 Å². The highest BCUT2D eigenvalue weighted by atomic mass is 79.9. The summed E-state index contributed by atoms with van der Waals surface area (Å²) in [5.74, 6) is 0.820. The molecule has 0 aliphatic heterocycles. The molecule has 0 fully saturated rings. The predicted molar refractivity (Wildman–Crippen MR) is 66.3 cm³/mol. The maximum atomic E-state index is 5.57. The molecule has 0 saturated heterocycles. The summed E-state index contributed by atoms with van der Waals surface area (Å²) in [6.45, 7) is 1.30. The van der Waals surface area contributed by atoms with Gasteiger partial charge in [0.15, 0.2) is 0 Å². The molecule has 0 aliphatic rings. The first-order valence-corrected chi connectivity index (χ1v) is 5.69. The normalized spacial score (nSPS) is 10.3. The fraction of sp³-hybridized carbons (Fsp3) is 0.182. The van der Waals surface area contributed by atoms with E-state index in [2.05, 4.69) is 21.0 Å². The Morgan fingerprint density at radius 1 is 1.31 bits per heavy atom. The monoisotopic (exact) mass is 281 g/mol. The topological polar surface area (TPSA) is 53.1 Å². The quantitative estimate of drug-likeness (QED) is 0.875. The second-order valence-corrected chi connectivity index (χ2v) is 4.25. The van der Waals surface area contributed by atoms with Crippen LogP contribution in [0.5, 0.6) is 5.75 Å². The number of benzene rings is 1. The molecule has 0 radical (unpaired) electrons. The summed E-state index contributed by atoms with van der Waals surface area (Å²) < 4.78 is 8.34. The van der Waals surface area contributed by atoms with Crippen LogP contribution in [-0.4, -0.2) is 16.4 Å². The zero-order valence-electron chi connectivity index (χ0n) is 8.64. The van der Waals surface area contributed by atoms with Crippen LogP contribution in [0, 0.1) is 0 Å². The van der Waals surface area contributed by atoms with Crippen LogP contribution in [0.15, 0.2) is 41.1 Å². The fourth-order valence-electron chi connectivity index (χ4n) is 1.28. The number of hydrogen-bond donors (Lipinski definition) is 1. The molecule has 0 atom stereocenters. The Labute approximate surface area is 102 Å². The predicted octanol–water partition coefficient (Wildman–Crippen LogP) is 2.31. The lowest BCUT2D eigenvalue weighted by Crippen LogP contribution is -2.08. The second-order valence-electron chi connectivity index (χ2n) is 3.34. The smallest absolute Gasteiger partial charge is 0.119 e. The number of nitrogens with zero attached hydrogens (tertiary/aromatic N) is 2. The lowest BCUT2D eigenvalue weighted by molar-refractivity contribution is 0.291. The molecule has 0 amide bonds. The number of rotatable bonds is 4. The molecule has 84 valence electrons. The highest BCUT2D eigenvalue weighted by molar-refractivity contribution is 9.10. The van der Waals surface area contributed by atoms with Crippen LogP contribution in [0.1, 0.15) is 0 Å². The van der Waals surface area contributed by atoms with E-state index >= 15 is 0 Å². The van der Waals surface area contributed by atoms with E-state index in [4.69, 9.17) is 10.5 Å². The summed E-state index contributed by atoms with van der Waals surface area (Å²) in [6, 6.07) is 7.35. The first kappa shape index (κ1) is 11.0. The Morgan fingerprint density at radius 2 is 2.06 bits per heavy atom. The molecule has 2 aromatic rings. The van der Waals surface area contributed by atoms with Crippen molar-refractivity contribution in [2.24, 2.45) is 0 Å². The van der Waals surface area contributed by atoms with Crippen LogP contribution in [0.25, 0.3) is 0 Å². The molecule has 0 spiro atoms. The fourth-order valence-corrected chi connectivity index (χ4v) is 1.61. The third-order valence-electron chi connectivity index (χ3n) is 2.07. The molecular formula is C11H12BrN3O. The van der Waals surface area contributed by atoms with Crippen LogP contribution in [0.4, 0.5) is 5.69 Å². The summed E-state index contributed by atoms with van der Waals surface area (Å²) in [4.78, 5) is 0. The first-order chi connectivity index (χ1) is 7.74. The summed E-state index contributed by atoms with van der Waals surface area (Å²) >= 11 is 3.34. The van der Waals surface area contributed by atoms with E-state index < -0.39 is 0 Å². The third kappa shape index (κ3) is 3.00. The molecule has 0 saturated carbocycles. The minimum absolute atomic E-state index is 0.581. The van der Waals surface area contributed by atoms with Crippen LogP contribution in [0.2, 0.25) is 0 Å². The van der Waals surface area contributed by atoms with Crippen molar-refractivity contribution in [3.63, 3.8) is 0 Å². The summed E-state index contributed by atoms with van der Waals surface area (Å²) in [6.07, 6.45) is 3.66. The van der Waals surface area contributed by atoms with Crippen LogP contribution < -0.4 is 10.5 Å². The van der Waals surface area contributed by atoms with Gasteiger partial charge in [-0.25, -0.2) is 0 Å². The van der Waals surface area contributed by atoms with Crippen LogP contribution in [-0.2, 0) is 6.54 Å². The van der Waals surface area contributed by atoms with Crippen molar-refractivity contribution in [1.29, 1.82) is 0 Å². The summed E-state index contributed by atoms with van der Waals surface area (Å²) in [5, 5.41) is 4.13. The number of halogens is 1. The van der Waals surface area contributed by atoms with Crippen molar-refractivity contribution in [2.75, 3.05) is 12.3 Å². The van der Waals surface area contributed by atoms with Gasteiger partial charge < -0.3 is 10.5 Å². The Balaban J connectivity index is 1.82. The second kappa shape index (κ2) is 5.03. The minimum Gasteiger partial charge on any atom is -0.492 e. The lowest BCUT2D eigenvalue weighted by atomic mass is 10.3. The molecule has 16 heavy (non-hydrogen) atoms. The van der Waals surface area contributed by atoms with Crippen molar-refractivity contribution >= 4 is 21.6 Å². The Kier molecular flexibility index (Phi) is 3.46. The maximum absolute atomic E-state index is 5.57. The van der Waals surface area contributed by atoms with Gasteiger partial charge in [-0.05, 0) is 40.2 Å². The summed E-state index contributed by atoms with van der Waals surface area (Å²) in [7, 11) is 0. The molecule has 1 aromatic heterocycles. The Bertz CT molecular complexity index is 453. The lowest BCUT2D eigenvalue weighted by Gasteiger charge is -2.06. The largest absolute Gasteiger partial charge is 0.492 e. The van der Waals surface area contributed by atoms with Gasteiger partial charge in [0, 0.05) is 11.9 Å². The molecule has 0 aliphatic carbocycles. The van der Waals surface area contributed by atoms with Gasteiger partial charge in [-0.1, -0.05) is 0 Å². The summed E-state index contributed by atoms with van der Waals surface area (Å²) in [5.41, 5.74) is 6.31. The van der Waals surface area contributed by atoms with Gasteiger partial charge in [-0.15, -0.1) is 0 Å². The standard InChI is InChI=1S/C11H12BrN3O/c12-9-7-14-15(8-9)5-6-16-11-3-1-10(13)2-4-11/h1-4,7-8H,5-6,13H2. The number of hydrogen-bond acceptors (Lipinski definition) is 3. The third-order valence-corrected chi connectivity index (χ3v) is 2.48. The van der Waals surface area contributed by atoms with Gasteiger partial charge in [0.05, 0.1) is 17.2 Å². The van der Waals surface area contributed by atoms with E-state index in [1.165, 1.54) is 0 Å². The van der Waals surface area contributed by atoms with Crippen molar-refractivity contribution in [2.45, 2.75) is 6.54 Å². The van der Waals surface area contributed by atoms with E-state index in [-0.39, 0.29) is 0 Å². The van der Waals surface area contributed by atoms with Gasteiger partial charge in [0.1, 0.15) is 12.4 Å². The number of ether oxygens (including phenoxy) is 1. The van der Waals surface area contributed by atoms with Crippen LogP contribution >= 0.6 is 15.9 Å². The van der Waals surface area contributed by atoms with E-state index in [1.807, 2.05) is 35.1 Å². The molecule has 2 rings (SSSR count). The molecule has 2 N–H and O–H groups in total. The molecule has 5 heteroatoms. The van der Waals surface area contributed by atoms with E-state index in [1.54, 1.807) is 6.20 Å². The number of nitrogen functional groups attached to an aromatic ring is 1. The van der Waals surface area contributed by atoms with Crippen LogP contribution in [0.3, 0.4) is 0 Å². The molecule has 4 nitrogen and oxygen atoms in total. The molecular weight excluding hydrogens is 270 g/mol. The molecule has 1 heterocycles. The molecule has 0 bridgehead atoms. The highest BCUT2D eigenvalue weighted by Gasteiger charge is 1.96.